The first-order valence-electron chi connectivity index (χ1n) is 6.43. The Morgan fingerprint density at radius 1 is 0.857 bits per heavy atom. The van der Waals surface area contributed by atoms with Crippen LogP contribution in [0.15, 0.2) is 82.8 Å². The van der Waals surface area contributed by atoms with E-state index in [9.17, 15) is 8.60 Å². The van der Waals surface area contributed by atoms with Crippen LogP contribution in [0.2, 0.25) is 0 Å². The molecule has 0 aliphatic carbocycles. The maximum absolute atomic E-state index is 13.1. The van der Waals surface area contributed by atoms with Crippen LogP contribution >= 0.6 is 0 Å². The van der Waals surface area contributed by atoms with Gasteiger partial charge in [0, 0.05) is 6.20 Å². The summed E-state index contributed by atoms with van der Waals surface area (Å²) in [6.45, 7) is 0. The summed E-state index contributed by atoms with van der Waals surface area (Å²) in [7, 11) is -1.37. The number of halogens is 1. The molecule has 3 aromatic rings. The second-order valence-electron chi connectivity index (χ2n) is 4.44. The summed E-state index contributed by atoms with van der Waals surface area (Å²) in [5, 5.41) is 0.507. The predicted octanol–water partition coefficient (Wildman–Crippen LogP) is 4.05. The van der Waals surface area contributed by atoms with Crippen molar-refractivity contribution in [3.63, 3.8) is 0 Å². The van der Waals surface area contributed by atoms with Crippen molar-refractivity contribution in [3.05, 3.63) is 78.7 Å². The molecule has 2 nitrogen and oxygen atoms in total. The van der Waals surface area contributed by atoms with Crippen molar-refractivity contribution in [2.45, 2.75) is 9.92 Å². The van der Waals surface area contributed by atoms with E-state index in [0.717, 1.165) is 11.1 Å². The van der Waals surface area contributed by atoms with E-state index in [1.54, 1.807) is 36.5 Å². The predicted molar refractivity (Wildman–Crippen MR) is 80.7 cm³/mol. The Hall–Kier alpha value is -2.33. The van der Waals surface area contributed by atoms with Gasteiger partial charge in [-0.05, 0) is 41.5 Å². The van der Waals surface area contributed by atoms with Gasteiger partial charge in [0.1, 0.15) is 21.6 Å². The van der Waals surface area contributed by atoms with Gasteiger partial charge in [0.15, 0.2) is 0 Å². The molecule has 1 atom stereocenters. The van der Waals surface area contributed by atoms with Crippen LogP contribution in [-0.4, -0.2) is 9.19 Å². The molecule has 1 aromatic heterocycles. The van der Waals surface area contributed by atoms with E-state index >= 15 is 0 Å². The summed E-state index contributed by atoms with van der Waals surface area (Å²) >= 11 is 0. The Balaban J connectivity index is 2.08. The number of nitrogens with zero attached hydrogens (tertiary/aromatic N) is 1. The SMILES string of the molecule is O=S(c1ccccn1)c1ccccc1-c1ccc(F)cc1. The van der Waals surface area contributed by atoms with Crippen LogP contribution in [0.5, 0.6) is 0 Å². The van der Waals surface area contributed by atoms with Gasteiger partial charge in [-0.3, -0.25) is 0 Å². The molecule has 0 aliphatic rings. The quantitative estimate of drug-likeness (QED) is 0.730. The first kappa shape index (κ1) is 13.6. The third-order valence-corrected chi connectivity index (χ3v) is 4.45. The van der Waals surface area contributed by atoms with E-state index in [2.05, 4.69) is 4.98 Å². The fourth-order valence-electron chi connectivity index (χ4n) is 2.07. The largest absolute Gasteiger partial charge is 0.247 e. The van der Waals surface area contributed by atoms with E-state index in [4.69, 9.17) is 0 Å². The van der Waals surface area contributed by atoms with Gasteiger partial charge in [-0.25, -0.2) is 13.6 Å². The van der Waals surface area contributed by atoms with Gasteiger partial charge in [-0.1, -0.05) is 36.4 Å². The van der Waals surface area contributed by atoms with Crippen molar-refractivity contribution in [2.75, 3.05) is 0 Å². The first-order valence-corrected chi connectivity index (χ1v) is 7.58. The third kappa shape index (κ3) is 2.90. The fraction of sp³-hybridized carbons (Fsp3) is 0. The molecule has 1 unspecified atom stereocenters. The lowest BCUT2D eigenvalue weighted by Gasteiger charge is -2.09. The van der Waals surface area contributed by atoms with Crippen LogP contribution in [0.3, 0.4) is 0 Å². The molecule has 0 bridgehead atoms. The number of aromatic nitrogens is 1. The van der Waals surface area contributed by atoms with E-state index in [1.165, 1.54) is 12.1 Å². The number of rotatable bonds is 3. The van der Waals surface area contributed by atoms with Crippen molar-refractivity contribution in [2.24, 2.45) is 0 Å². The zero-order valence-corrected chi connectivity index (χ0v) is 11.9. The third-order valence-electron chi connectivity index (χ3n) is 3.07. The minimum Gasteiger partial charge on any atom is -0.247 e. The van der Waals surface area contributed by atoms with Crippen LogP contribution in [0, 0.1) is 5.82 Å². The first-order chi connectivity index (χ1) is 10.3. The summed E-state index contributed by atoms with van der Waals surface area (Å²) in [4.78, 5) is 4.81. The van der Waals surface area contributed by atoms with Gasteiger partial charge in [-0.2, -0.15) is 0 Å². The maximum Gasteiger partial charge on any atom is 0.132 e. The molecule has 0 N–H and O–H groups in total. The molecule has 0 radical (unpaired) electrons. The Bertz CT molecular complexity index is 772. The van der Waals surface area contributed by atoms with Crippen LogP contribution in [0.1, 0.15) is 0 Å². The summed E-state index contributed by atoms with van der Waals surface area (Å²) in [6.07, 6.45) is 1.62. The van der Waals surface area contributed by atoms with E-state index in [0.29, 0.717) is 9.92 Å². The summed E-state index contributed by atoms with van der Waals surface area (Å²) < 4.78 is 25.7. The highest BCUT2D eigenvalue weighted by Crippen LogP contribution is 2.28. The molecule has 0 saturated carbocycles. The van der Waals surface area contributed by atoms with Crippen molar-refractivity contribution >= 4 is 10.8 Å². The highest BCUT2D eigenvalue weighted by atomic mass is 32.2. The molecule has 1 heterocycles. The Morgan fingerprint density at radius 2 is 1.57 bits per heavy atom. The van der Waals surface area contributed by atoms with Gasteiger partial charge in [-0.15, -0.1) is 0 Å². The van der Waals surface area contributed by atoms with Crippen molar-refractivity contribution in [3.8, 4) is 11.1 Å². The van der Waals surface area contributed by atoms with Gasteiger partial charge >= 0.3 is 0 Å². The van der Waals surface area contributed by atoms with E-state index in [1.807, 2.05) is 24.3 Å². The molecule has 0 aliphatic heterocycles. The molecular formula is C17H12FNOS. The van der Waals surface area contributed by atoms with Gasteiger partial charge in [0.05, 0.1) is 4.90 Å². The molecule has 0 spiro atoms. The molecule has 0 fully saturated rings. The molecule has 104 valence electrons. The number of hydrogen-bond donors (Lipinski definition) is 0. The van der Waals surface area contributed by atoms with Gasteiger partial charge < -0.3 is 0 Å². The smallest absolute Gasteiger partial charge is 0.132 e. The average molecular weight is 297 g/mol. The summed E-state index contributed by atoms with van der Waals surface area (Å²) in [6, 6.07) is 18.9. The Morgan fingerprint density at radius 3 is 2.29 bits per heavy atom. The standard InChI is InChI=1S/C17H12FNOS/c18-14-10-8-13(9-11-14)15-5-1-2-6-16(15)21(20)17-7-3-4-12-19-17/h1-12H. The van der Waals surface area contributed by atoms with Gasteiger partial charge in [0.2, 0.25) is 0 Å². The number of hydrogen-bond acceptors (Lipinski definition) is 2. The highest BCUT2D eigenvalue weighted by Gasteiger charge is 2.13. The van der Waals surface area contributed by atoms with E-state index < -0.39 is 10.8 Å². The highest BCUT2D eigenvalue weighted by molar-refractivity contribution is 7.85. The van der Waals surface area contributed by atoms with Crippen LogP contribution in [0.25, 0.3) is 11.1 Å². The lowest BCUT2D eigenvalue weighted by Crippen LogP contribution is -1.98. The molecule has 4 heteroatoms. The zero-order valence-electron chi connectivity index (χ0n) is 11.1. The average Bonchev–Trinajstić information content (AvgIpc) is 2.56. The minimum atomic E-state index is -1.37. The Labute approximate surface area is 124 Å². The molecule has 3 rings (SSSR count). The second-order valence-corrected chi connectivity index (χ2v) is 5.84. The van der Waals surface area contributed by atoms with Gasteiger partial charge in [0.25, 0.3) is 0 Å². The monoisotopic (exact) mass is 297 g/mol. The Kier molecular flexibility index (Phi) is 3.88. The molecular weight excluding hydrogens is 285 g/mol. The van der Waals surface area contributed by atoms with Crippen LogP contribution < -0.4 is 0 Å². The molecule has 0 amide bonds. The zero-order chi connectivity index (χ0) is 14.7. The number of benzene rings is 2. The second kappa shape index (κ2) is 5.97. The van der Waals surface area contributed by atoms with Crippen LogP contribution in [-0.2, 0) is 10.8 Å². The molecule has 21 heavy (non-hydrogen) atoms. The molecule has 2 aromatic carbocycles. The van der Waals surface area contributed by atoms with Crippen LogP contribution in [0.4, 0.5) is 4.39 Å². The lowest BCUT2D eigenvalue weighted by atomic mass is 10.1. The lowest BCUT2D eigenvalue weighted by molar-refractivity contribution is 0.628. The normalized spacial score (nSPS) is 12.0. The fourth-order valence-corrected chi connectivity index (χ4v) is 3.24. The minimum absolute atomic E-state index is 0.290. The van der Waals surface area contributed by atoms with E-state index in [-0.39, 0.29) is 5.82 Å². The summed E-state index contributed by atoms with van der Waals surface area (Å²) in [5.41, 5.74) is 1.65. The maximum atomic E-state index is 13.1. The van der Waals surface area contributed by atoms with Crippen molar-refractivity contribution in [1.82, 2.24) is 4.98 Å². The molecule has 0 saturated heterocycles. The van der Waals surface area contributed by atoms with Crippen molar-refractivity contribution in [1.29, 1.82) is 0 Å². The topological polar surface area (TPSA) is 30.0 Å². The number of pyridine rings is 1. The van der Waals surface area contributed by atoms with Crippen molar-refractivity contribution < 1.29 is 8.60 Å². The summed E-state index contributed by atoms with van der Waals surface area (Å²) in [5.74, 6) is -0.290.